The minimum Gasteiger partial charge on any atom is -0.107 e. The summed E-state index contributed by atoms with van der Waals surface area (Å²) in [5.41, 5.74) is 1.32. The lowest BCUT2D eigenvalue weighted by molar-refractivity contribution is 1.42. The Hall–Kier alpha value is -0.170. The summed E-state index contributed by atoms with van der Waals surface area (Å²) in [5.74, 6) is 0. The third-order valence-corrected chi connectivity index (χ3v) is 1.20. The molecule has 0 aromatic rings. The largest absolute Gasteiger partial charge is 0.107 e. The van der Waals surface area contributed by atoms with Crippen molar-refractivity contribution in [3.05, 3.63) is 23.0 Å². The van der Waals surface area contributed by atoms with Crippen LogP contribution in [0.5, 0.6) is 0 Å². The quantitative estimate of drug-likeness (QED) is 0.568. The minimum absolute atomic E-state index is 1.32. The van der Waals surface area contributed by atoms with Crippen LogP contribution in [0.1, 0.15) is 27.7 Å². The van der Waals surface area contributed by atoms with Gasteiger partial charge >= 0.3 is 0 Å². The van der Waals surface area contributed by atoms with Crippen molar-refractivity contribution in [3.8, 4) is 0 Å². The summed E-state index contributed by atoms with van der Waals surface area (Å²) in [6.45, 7) is 11.7. The number of hydrogen-bond donors (Lipinski definition) is 0. The molecule has 0 rings (SSSR count). The summed E-state index contributed by atoms with van der Waals surface area (Å²) >= 11 is 1.62. The van der Waals surface area contributed by atoms with Gasteiger partial charge in [-0.2, -0.15) is 0 Å². The van der Waals surface area contributed by atoms with Gasteiger partial charge in [0, 0.05) is 0 Å². The van der Waals surface area contributed by atoms with Crippen LogP contribution in [0.3, 0.4) is 0 Å². The SMILES string of the molecule is C=CSC=C(C)C.CC. The summed E-state index contributed by atoms with van der Waals surface area (Å²) in [6.07, 6.45) is 0. The van der Waals surface area contributed by atoms with Crippen LogP contribution in [-0.2, 0) is 0 Å². The van der Waals surface area contributed by atoms with Crippen LogP contribution in [-0.4, -0.2) is 0 Å². The molecule has 0 aromatic heterocycles. The molecule has 9 heavy (non-hydrogen) atoms. The van der Waals surface area contributed by atoms with Gasteiger partial charge in [-0.1, -0.05) is 26.0 Å². The molecule has 0 heterocycles. The van der Waals surface area contributed by atoms with Gasteiger partial charge in [0.1, 0.15) is 0 Å². The van der Waals surface area contributed by atoms with E-state index in [2.05, 4.69) is 25.8 Å². The van der Waals surface area contributed by atoms with Crippen molar-refractivity contribution in [2.24, 2.45) is 0 Å². The normalized spacial score (nSPS) is 6.67. The first-order chi connectivity index (χ1) is 4.27. The second-order valence-electron chi connectivity index (χ2n) is 1.50. The van der Waals surface area contributed by atoms with Crippen molar-refractivity contribution in [3.63, 3.8) is 0 Å². The van der Waals surface area contributed by atoms with E-state index < -0.39 is 0 Å². The topological polar surface area (TPSA) is 0 Å². The molecule has 0 unspecified atom stereocenters. The molecule has 0 aliphatic carbocycles. The molecule has 0 N–H and O–H groups in total. The smallest absolute Gasteiger partial charge is 0.0262 e. The lowest BCUT2D eigenvalue weighted by Crippen LogP contribution is -1.53. The van der Waals surface area contributed by atoms with E-state index in [4.69, 9.17) is 0 Å². The number of allylic oxidation sites excluding steroid dienone is 1. The van der Waals surface area contributed by atoms with Crippen LogP contribution in [0, 0.1) is 0 Å². The van der Waals surface area contributed by atoms with Gasteiger partial charge in [0.25, 0.3) is 0 Å². The van der Waals surface area contributed by atoms with Gasteiger partial charge in [-0.15, -0.1) is 11.8 Å². The van der Waals surface area contributed by atoms with Crippen LogP contribution < -0.4 is 0 Å². The number of rotatable bonds is 2. The number of hydrogen-bond acceptors (Lipinski definition) is 1. The van der Waals surface area contributed by atoms with Crippen molar-refractivity contribution in [1.82, 2.24) is 0 Å². The Labute approximate surface area is 63.0 Å². The van der Waals surface area contributed by atoms with E-state index in [9.17, 15) is 0 Å². The molecular weight excluding hydrogens is 128 g/mol. The molecule has 0 radical (unpaired) electrons. The maximum atomic E-state index is 3.55. The maximum absolute atomic E-state index is 3.55. The fraction of sp³-hybridized carbons (Fsp3) is 0.500. The molecule has 0 saturated heterocycles. The van der Waals surface area contributed by atoms with Gasteiger partial charge in [0.05, 0.1) is 0 Å². The summed E-state index contributed by atoms with van der Waals surface area (Å²) in [4.78, 5) is 0. The van der Waals surface area contributed by atoms with Gasteiger partial charge in [-0.3, -0.25) is 0 Å². The second-order valence-corrected chi connectivity index (χ2v) is 2.34. The molecule has 0 amide bonds. The minimum atomic E-state index is 1.32. The lowest BCUT2D eigenvalue weighted by Gasteiger charge is -1.81. The predicted octanol–water partition coefficient (Wildman–Crippen LogP) is 3.81. The molecule has 0 aliphatic rings. The Bertz CT molecular complexity index is 78.6. The summed E-state index contributed by atoms with van der Waals surface area (Å²) in [7, 11) is 0. The van der Waals surface area contributed by atoms with Crippen molar-refractivity contribution < 1.29 is 0 Å². The van der Waals surface area contributed by atoms with E-state index in [0.29, 0.717) is 0 Å². The molecule has 0 bridgehead atoms. The third-order valence-electron chi connectivity index (χ3n) is 0.400. The zero-order valence-electron chi connectivity index (χ0n) is 6.77. The highest BCUT2D eigenvalue weighted by Gasteiger charge is 1.70. The van der Waals surface area contributed by atoms with E-state index >= 15 is 0 Å². The molecule has 0 nitrogen and oxygen atoms in total. The highest BCUT2D eigenvalue weighted by Crippen LogP contribution is 2.04. The molecule has 1 heteroatoms. The Morgan fingerprint density at radius 3 is 1.89 bits per heavy atom. The first-order valence-corrected chi connectivity index (χ1v) is 4.11. The average molecular weight is 144 g/mol. The van der Waals surface area contributed by atoms with Crippen molar-refractivity contribution in [2.45, 2.75) is 27.7 Å². The van der Waals surface area contributed by atoms with Crippen LogP contribution in [0.2, 0.25) is 0 Å². The molecule has 0 aromatic carbocycles. The zero-order valence-corrected chi connectivity index (χ0v) is 7.59. The Balaban J connectivity index is 0. The Kier molecular flexibility index (Phi) is 13.9. The Morgan fingerprint density at radius 2 is 1.78 bits per heavy atom. The van der Waals surface area contributed by atoms with Crippen molar-refractivity contribution >= 4 is 11.8 Å². The lowest BCUT2D eigenvalue weighted by atomic mass is 10.4. The van der Waals surface area contributed by atoms with Crippen molar-refractivity contribution in [2.75, 3.05) is 0 Å². The molecule has 54 valence electrons. The first kappa shape index (κ1) is 11.6. The van der Waals surface area contributed by atoms with Gasteiger partial charge in [-0.05, 0) is 24.7 Å². The Morgan fingerprint density at radius 1 is 1.33 bits per heavy atom. The van der Waals surface area contributed by atoms with Crippen LogP contribution in [0.4, 0.5) is 0 Å². The van der Waals surface area contributed by atoms with Crippen LogP contribution >= 0.6 is 11.8 Å². The van der Waals surface area contributed by atoms with Gasteiger partial charge in [0.15, 0.2) is 0 Å². The van der Waals surface area contributed by atoms with Gasteiger partial charge < -0.3 is 0 Å². The van der Waals surface area contributed by atoms with Crippen molar-refractivity contribution in [1.29, 1.82) is 0 Å². The highest BCUT2D eigenvalue weighted by molar-refractivity contribution is 8.04. The van der Waals surface area contributed by atoms with E-state index in [1.807, 2.05) is 19.3 Å². The summed E-state index contributed by atoms with van der Waals surface area (Å²) in [6, 6.07) is 0. The fourth-order valence-electron chi connectivity index (χ4n) is 0.184. The second kappa shape index (κ2) is 10.7. The molecule has 0 spiro atoms. The summed E-state index contributed by atoms with van der Waals surface area (Å²) < 4.78 is 0. The average Bonchev–Trinajstić information content (AvgIpc) is 1.88. The van der Waals surface area contributed by atoms with Crippen LogP contribution in [0.25, 0.3) is 0 Å². The van der Waals surface area contributed by atoms with Gasteiger partial charge in [0.2, 0.25) is 0 Å². The maximum Gasteiger partial charge on any atom is -0.0262 e. The highest BCUT2D eigenvalue weighted by atomic mass is 32.2. The van der Waals surface area contributed by atoms with E-state index in [1.54, 1.807) is 11.8 Å². The molecule has 0 aliphatic heterocycles. The molecule has 0 saturated carbocycles. The van der Waals surface area contributed by atoms with E-state index in [0.717, 1.165) is 0 Å². The first-order valence-electron chi connectivity index (χ1n) is 3.17. The fourth-order valence-corrected chi connectivity index (χ4v) is 0.553. The molecule has 0 fully saturated rings. The summed E-state index contributed by atoms with van der Waals surface area (Å²) in [5, 5.41) is 3.88. The monoisotopic (exact) mass is 144 g/mol. The zero-order chi connectivity index (χ0) is 7.70. The van der Waals surface area contributed by atoms with Gasteiger partial charge in [-0.25, -0.2) is 0 Å². The van der Waals surface area contributed by atoms with E-state index in [1.165, 1.54) is 5.57 Å². The number of thioether (sulfide) groups is 1. The standard InChI is InChI=1S/C6H10S.C2H6/c1-4-7-5-6(2)3;1-2/h4-5H,1H2,2-3H3;1-2H3. The third kappa shape index (κ3) is 18.1. The van der Waals surface area contributed by atoms with E-state index in [-0.39, 0.29) is 0 Å². The molecular formula is C8H16S. The molecule has 0 atom stereocenters. The van der Waals surface area contributed by atoms with Crippen LogP contribution in [0.15, 0.2) is 23.0 Å². The predicted molar refractivity (Wildman–Crippen MR) is 48.6 cm³/mol.